The number of hydrogen-bond donors (Lipinski definition) is 1. The number of rotatable bonds is 3. The van der Waals surface area contributed by atoms with E-state index < -0.39 is 5.97 Å². The summed E-state index contributed by atoms with van der Waals surface area (Å²) in [6, 6.07) is 13.0. The molecule has 0 bridgehead atoms. The summed E-state index contributed by atoms with van der Waals surface area (Å²) in [5.41, 5.74) is 2.67. The van der Waals surface area contributed by atoms with E-state index in [2.05, 4.69) is 4.98 Å². The van der Waals surface area contributed by atoms with Gasteiger partial charge in [0.15, 0.2) is 0 Å². The molecule has 0 aliphatic rings. The Hall–Kier alpha value is -2.33. The second-order valence-electron chi connectivity index (χ2n) is 4.88. The van der Waals surface area contributed by atoms with Crippen molar-refractivity contribution in [1.82, 2.24) is 9.55 Å². The molecule has 0 aliphatic carbocycles. The van der Waals surface area contributed by atoms with Crippen molar-refractivity contribution < 1.29 is 9.90 Å². The first-order valence-electron chi connectivity index (χ1n) is 6.48. The predicted molar refractivity (Wildman–Crippen MR) is 81.9 cm³/mol. The highest BCUT2D eigenvalue weighted by Crippen LogP contribution is 2.26. The number of nitrogens with zero attached hydrogens (tertiary/aromatic N) is 2. The second kappa shape index (κ2) is 5.22. The van der Waals surface area contributed by atoms with Crippen LogP contribution in [0.25, 0.3) is 11.0 Å². The van der Waals surface area contributed by atoms with Gasteiger partial charge in [0.25, 0.3) is 0 Å². The molecule has 0 unspecified atom stereocenters. The number of fused-ring (bicyclic) bond motifs is 1. The van der Waals surface area contributed by atoms with Crippen LogP contribution in [-0.4, -0.2) is 20.6 Å². The Morgan fingerprint density at radius 2 is 2.00 bits per heavy atom. The SMILES string of the molecule is Cn1c(Cc2ccccc2)nc2c(Cl)cc(C(=O)O)cc21. The summed E-state index contributed by atoms with van der Waals surface area (Å²) in [5.74, 6) is -0.148. The number of carboxylic acids is 1. The molecule has 4 nitrogen and oxygen atoms in total. The number of carbonyl (C=O) groups is 1. The van der Waals surface area contributed by atoms with Gasteiger partial charge in [0.1, 0.15) is 11.3 Å². The number of aromatic carboxylic acids is 1. The number of imidazole rings is 1. The van der Waals surface area contributed by atoms with Gasteiger partial charge in [0, 0.05) is 13.5 Å². The summed E-state index contributed by atoms with van der Waals surface area (Å²) in [5, 5.41) is 9.47. The van der Waals surface area contributed by atoms with Gasteiger partial charge in [0.2, 0.25) is 0 Å². The van der Waals surface area contributed by atoms with Gasteiger partial charge in [-0.3, -0.25) is 0 Å². The van der Waals surface area contributed by atoms with Crippen molar-refractivity contribution in [1.29, 1.82) is 0 Å². The Morgan fingerprint density at radius 3 is 2.67 bits per heavy atom. The molecular formula is C16H13ClN2O2. The fourth-order valence-corrected chi connectivity index (χ4v) is 2.61. The van der Waals surface area contributed by atoms with Gasteiger partial charge < -0.3 is 9.67 Å². The summed E-state index contributed by atoms with van der Waals surface area (Å²) in [6.07, 6.45) is 0.671. The molecule has 1 heterocycles. The zero-order chi connectivity index (χ0) is 15.0. The standard InChI is InChI=1S/C16H13ClN2O2/c1-19-13-9-11(16(20)21)8-12(17)15(13)18-14(19)7-10-5-3-2-4-6-10/h2-6,8-9H,7H2,1H3,(H,20,21). The van der Waals surface area contributed by atoms with Crippen molar-refractivity contribution in [2.75, 3.05) is 0 Å². The minimum Gasteiger partial charge on any atom is -0.478 e. The molecule has 2 aromatic carbocycles. The molecule has 21 heavy (non-hydrogen) atoms. The van der Waals surface area contributed by atoms with Crippen molar-refractivity contribution in [2.45, 2.75) is 6.42 Å². The lowest BCUT2D eigenvalue weighted by Crippen LogP contribution is -2.00. The van der Waals surface area contributed by atoms with Gasteiger partial charge in [0.05, 0.1) is 16.1 Å². The molecule has 1 N–H and O–H groups in total. The lowest BCUT2D eigenvalue weighted by molar-refractivity contribution is 0.0697. The number of aryl methyl sites for hydroxylation is 1. The Morgan fingerprint density at radius 1 is 1.29 bits per heavy atom. The topological polar surface area (TPSA) is 55.1 Å². The Bertz CT molecular complexity index is 825. The molecule has 3 aromatic rings. The lowest BCUT2D eigenvalue weighted by Gasteiger charge is -2.03. The van der Waals surface area contributed by atoms with Crippen molar-refractivity contribution in [3.63, 3.8) is 0 Å². The molecule has 0 spiro atoms. The second-order valence-corrected chi connectivity index (χ2v) is 5.29. The molecule has 0 amide bonds. The van der Waals surface area contributed by atoms with Gasteiger partial charge in [-0.1, -0.05) is 41.9 Å². The third-order valence-electron chi connectivity index (χ3n) is 3.48. The fourth-order valence-electron chi connectivity index (χ4n) is 2.35. The smallest absolute Gasteiger partial charge is 0.335 e. The van der Waals surface area contributed by atoms with E-state index in [1.54, 1.807) is 6.07 Å². The van der Waals surface area contributed by atoms with Crippen molar-refractivity contribution >= 4 is 28.6 Å². The predicted octanol–water partition coefficient (Wildman–Crippen LogP) is 3.52. The average molecular weight is 301 g/mol. The Labute approximate surface area is 126 Å². The molecule has 3 rings (SSSR count). The van der Waals surface area contributed by atoms with Crippen molar-refractivity contribution in [2.24, 2.45) is 7.05 Å². The molecule has 106 valence electrons. The van der Waals surface area contributed by atoms with Crippen LogP contribution in [-0.2, 0) is 13.5 Å². The summed E-state index contributed by atoms with van der Waals surface area (Å²) < 4.78 is 1.89. The fraction of sp³-hybridized carbons (Fsp3) is 0.125. The van der Waals surface area contributed by atoms with Crippen LogP contribution in [0.5, 0.6) is 0 Å². The van der Waals surface area contributed by atoms with E-state index >= 15 is 0 Å². The van der Waals surface area contributed by atoms with E-state index in [1.807, 2.05) is 41.9 Å². The summed E-state index contributed by atoms with van der Waals surface area (Å²) in [4.78, 5) is 15.7. The van der Waals surface area contributed by atoms with Crippen molar-refractivity contribution in [3.05, 3.63) is 64.4 Å². The minimum absolute atomic E-state index is 0.168. The number of halogens is 1. The summed E-state index contributed by atoms with van der Waals surface area (Å²) in [7, 11) is 1.87. The monoisotopic (exact) mass is 300 g/mol. The van der Waals surface area contributed by atoms with Gasteiger partial charge in [-0.05, 0) is 17.7 Å². The van der Waals surface area contributed by atoms with Crippen molar-refractivity contribution in [3.8, 4) is 0 Å². The van der Waals surface area contributed by atoms with E-state index in [4.69, 9.17) is 16.7 Å². The van der Waals surface area contributed by atoms with Crippen LogP contribution in [0, 0.1) is 0 Å². The van der Waals surface area contributed by atoms with E-state index in [9.17, 15) is 4.79 Å². The molecular weight excluding hydrogens is 288 g/mol. The highest BCUT2D eigenvalue weighted by Gasteiger charge is 2.15. The van der Waals surface area contributed by atoms with E-state index in [0.717, 1.165) is 16.9 Å². The summed E-state index contributed by atoms with van der Waals surface area (Å²) >= 11 is 6.16. The normalized spacial score (nSPS) is 11.0. The maximum absolute atomic E-state index is 11.1. The summed E-state index contributed by atoms with van der Waals surface area (Å²) in [6.45, 7) is 0. The van der Waals surface area contributed by atoms with Crippen LogP contribution < -0.4 is 0 Å². The number of benzene rings is 2. The average Bonchev–Trinajstić information content (AvgIpc) is 2.78. The maximum Gasteiger partial charge on any atom is 0.335 e. The highest BCUT2D eigenvalue weighted by atomic mass is 35.5. The van der Waals surface area contributed by atoms with Gasteiger partial charge in [-0.25, -0.2) is 9.78 Å². The van der Waals surface area contributed by atoms with Crippen LogP contribution in [0.2, 0.25) is 5.02 Å². The zero-order valence-electron chi connectivity index (χ0n) is 11.4. The molecule has 1 aromatic heterocycles. The van der Waals surface area contributed by atoms with Crippen LogP contribution >= 0.6 is 11.6 Å². The molecule has 0 fully saturated rings. The van der Waals surface area contributed by atoms with Crippen LogP contribution in [0.1, 0.15) is 21.7 Å². The molecule has 5 heteroatoms. The zero-order valence-corrected chi connectivity index (χ0v) is 12.1. The largest absolute Gasteiger partial charge is 0.478 e. The van der Waals surface area contributed by atoms with Gasteiger partial charge >= 0.3 is 5.97 Å². The third-order valence-corrected chi connectivity index (χ3v) is 3.77. The Kier molecular flexibility index (Phi) is 3.39. The van der Waals surface area contributed by atoms with Crippen LogP contribution in [0.3, 0.4) is 0 Å². The number of carboxylic acid groups (broad SMARTS) is 1. The minimum atomic E-state index is -0.996. The third kappa shape index (κ3) is 2.50. The molecule has 0 atom stereocenters. The van der Waals surface area contributed by atoms with Gasteiger partial charge in [-0.2, -0.15) is 0 Å². The highest BCUT2D eigenvalue weighted by molar-refractivity contribution is 6.35. The first kappa shape index (κ1) is 13.6. The molecule has 0 radical (unpaired) electrons. The first-order chi connectivity index (χ1) is 10.1. The van der Waals surface area contributed by atoms with Crippen LogP contribution in [0.4, 0.5) is 0 Å². The van der Waals surface area contributed by atoms with E-state index in [1.165, 1.54) is 6.07 Å². The van der Waals surface area contributed by atoms with E-state index in [-0.39, 0.29) is 5.56 Å². The Balaban J connectivity index is 2.11. The van der Waals surface area contributed by atoms with Crippen LogP contribution in [0.15, 0.2) is 42.5 Å². The number of hydrogen-bond acceptors (Lipinski definition) is 2. The molecule has 0 saturated heterocycles. The first-order valence-corrected chi connectivity index (χ1v) is 6.86. The number of aromatic nitrogens is 2. The maximum atomic E-state index is 11.1. The van der Waals surface area contributed by atoms with Gasteiger partial charge in [-0.15, -0.1) is 0 Å². The van der Waals surface area contributed by atoms with E-state index in [0.29, 0.717) is 17.0 Å². The lowest BCUT2D eigenvalue weighted by atomic mass is 10.1. The molecule has 0 aliphatic heterocycles. The quantitative estimate of drug-likeness (QED) is 0.805. The molecule has 0 saturated carbocycles.